The smallest absolute Gasteiger partial charge is 0.343 e. The predicted molar refractivity (Wildman–Crippen MR) is 86.7 cm³/mol. The minimum Gasteiger partial charge on any atom is -0.421 e. The average molecular weight is 285 g/mol. The first-order valence-corrected chi connectivity index (χ1v) is 6.57. The van der Waals surface area contributed by atoms with Gasteiger partial charge in [0.05, 0.1) is 11.3 Å². The number of rotatable bonds is 4. The minimum atomic E-state index is -0.529. The number of thiocarbonyl (C=S) groups is 1. The molecule has 0 saturated carbocycles. The van der Waals surface area contributed by atoms with Crippen LogP contribution in [0.15, 0.2) is 48.6 Å². The Morgan fingerprint density at radius 3 is 2.60 bits per heavy atom. The Morgan fingerprint density at radius 1 is 1.25 bits per heavy atom. The summed E-state index contributed by atoms with van der Waals surface area (Å²) in [7, 11) is 3.82. The van der Waals surface area contributed by atoms with E-state index in [2.05, 4.69) is 6.58 Å². The lowest BCUT2D eigenvalue weighted by atomic mass is 10.1. The monoisotopic (exact) mass is 285 g/mol. The molecule has 0 aromatic heterocycles. The van der Waals surface area contributed by atoms with Crippen molar-refractivity contribution in [1.29, 1.82) is 0 Å². The number of carbonyl (C=O) groups is 1. The fourth-order valence-corrected chi connectivity index (χ4v) is 2.09. The fraction of sp³-hybridized carbons (Fsp3) is 0.125. The maximum atomic E-state index is 11.8. The summed E-state index contributed by atoms with van der Waals surface area (Å²) in [5.74, 6) is -0.0323. The molecule has 0 amide bonds. The van der Waals surface area contributed by atoms with Gasteiger partial charge in [-0.1, -0.05) is 49.1 Å². The summed E-state index contributed by atoms with van der Waals surface area (Å²) in [4.78, 5) is 13.7. The maximum Gasteiger partial charge on any atom is 0.343 e. The highest BCUT2D eigenvalue weighted by Gasteiger charge is 2.15. The van der Waals surface area contributed by atoms with E-state index >= 15 is 0 Å². The molecule has 3 nitrogen and oxygen atoms in total. The van der Waals surface area contributed by atoms with Crippen molar-refractivity contribution in [3.63, 3.8) is 0 Å². The summed E-state index contributed by atoms with van der Waals surface area (Å²) < 4.78 is 5.39. The average Bonchev–Trinajstić information content (AvgIpc) is 2.45. The number of carbonyl (C=O) groups excluding carboxylic acids is 1. The molecular weight excluding hydrogens is 270 g/mol. The number of benzene rings is 2. The normalized spacial score (nSPS) is 10.1. The minimum absolute atomic E-state index is 0.165. The highest BCUT2D eigenvalue weighted by Crippen LogP contribution is 2.35. The standard InChI is InChI=1S/C16H15NO2S/c1-11(10-20)16(18)19-14-9-8-12-6-4-5-7-13(12)15(14)17(2)3/h4-10H,1H2,2-3H3. The van der Waals surface area contributed by atoms with Gasteiger partial charge in [0.1, 0.15) is 0 Å². The van der Waals surface area contributed by atoms with Gasteiger partial charge in [0, 0.05) is 24.8 Å². The summed E-state index contributed by atoms with van der Waals surface area (Å²) in [6.07, 6.45) is 0. The van der Waals surface area contributed by atoms with Crippen LogP contribution < -0.4 is 9.64 Å². The molecule has 0 aliphatic carbocycles. The van der Waals surface area contributed by atoms with E-state index in [4.69, 9.17) is 17.0 Å². The van der Waals surface area contributed by atoms with Crippen LogP contribution in [-0.2, 0) is 4.79 Å². The molecule has 0 heterocycles. The van der Waals surface area contributed by atoms with Gasteiger partial charge in [-0.15, -0.1) is 0 Å². The van der Waals surface area contributed by atoms with Gasteiger partial charge in [-0.25, -0.2) is 4.79 Å². The Morgan fingerprint density at radius 2 is 1.95 bits per heavy atom. The molecule has 0 N–H and O–H groups in total. The zero-order valence-corrected chi connectivity index (χ0v) is 12.2. The summed E-state index contributed by atoms with van der Waals surface area (Å²) in [6, 6.07) is 11.6. The summed E-state index contributed by atoms with van der Waals surface area (Å²) in [5, 5.41) is 3.33. The molecular formula is C16H15NO2S. The summed E-state index contributed by atoms with van der Waals surface area (Å²) >= 11 is 4.69. The van der Waals surface area contributed by atoms with Gasteiger partial charge in [-0.05, 0) is 11.5 Å². The van der Waals surface area contributed by atoms with Gasteiger partial charge >= 0.3 is 5.97 Å². The molecule has 4 heteroatoms. The molecule has 0 spiro atoms. The Hall–Kier alpha value is -2.20. The van der Waals surface area contributed by atoms with Crippen molar-refractivity contribution in [2.75, 3.05) is 19.0 Å². The molecule has 0 aliphatic heterocycles. The number of ether oxygens (including phenoxy) is 1. The van der Waals surface area contributed by atoms with Crippen LogP contribution in [0.5, 0.6) is 5.75 Å². The maximum absolute atomic E-state index is 11.8. The van der Waals surface area contributed by atoms with Crippen LogP contribution in [0, 0.1) is 0 Å². The molecule has 0 unspecified atom stereocenters. The lowest BCUT2D eigenvalue weighted by Gasteiger charge is -2.19. The van der Waals surface area contributed by atoms with E-state index in [0.29, 0.717) is 5.75 Å². The number of esters is 1. The lowest BCUT2D eigenvalue weighted by Crippen LogP contribution is -2.15. The topological polar surface area (TPSA) is 29.5 Å². The molecule has 102 valence electrons. The van der Waals surface area contributed by atoms with Crippen molar-refractivity contribution in [3.8, 4) is 5.75 Å². The molecule has 2 rings (SSSR count). The van der Waals surface area contributed by atoms with Crippen molar-refractivity contribution < 1.29 is 9.53 Å². The first-order chi connectivity index (χ1) is 9.54. The van der Waals surface area contributed by atoms with Crippen LogP contribution in [0.4, 0.5) is 5.69 Å². The van der Waals surface area contributed by atoms with E-state index in [1.807, 2.05) is 49.3 Å². The second-order valence-corrected chi connectivity index (χ2v) is 4.80. The van der Waals surface area contributed by atoms with Gasteiger partial charge in [-0.2, -0.15) is 0 Å². The molecule has 2 aromatic carbocycles. The van der Waals surface area contributed by atoms with E-state index in [1.54, 1.807) is 6.07 Å². The van der Waals surface area contributed by atoms with E-state index in [9.17, 15) is 4.79 Å². The van der Waals surface area contributed by atoms with Crippen molar-refractivity contribution in [2.24, 2.45) is 0 Å². The number of nitrogens with zero attached hydrogens (tertiary/aromatic N) is 1. The van der Waals surface area contributed by atoms with Crippen molar-refractivity contribution >= 4 is 40.0 Å². The van der Waals surface area contributed by atoms with E-state index in [0.717, 1.165) is 16.5 Å². The van der Waals surface area contributed by atoms with Gasteiger partial charge in [0.25, 0.3) is 0 Å². The SMILES string of the molecule is C=C(C=S)C(=O)Oc1ccc2ccccc2c1N(C)C. The number of anilines is 1. The van der Waals surface area contributed by atoms with Gasteiger partial charge < -0.3 is 9.64 Å². The second kappa shape index (κ2) is 5.84. The Bertz CT molecular complexity index is 692. The lowest BCUT2D eigenvalue weighted by molar-refractivity contribution is -0.129. The van der Waals surface area contributed by atoms with Crippen LogP contribution in [-0.4, -0.2) is 25.4 Å². The van der Waals surface area contributed by atoms with Gasteiger partial charge in [0.2, 0.25) is 0 Å². The van der Waals surface area contributed by atoms with E-state index in [1.165, 1.54) is 5.37 Å². The third kappa shape index (κ3) is 2.70. The van der Waals surface area contributed by atoms with Crippen LogP contribution in [0.2, 0.25) is 0 Å². The summed E-state index contributed by atoms with van der Waals surface area (Å²) in [5.41, 5.74) is 1.02. The highest BCUT2D eigenvalue weighted by atomic mass is 32.1. The van der Waals surface area contributed by atoms with Crippen molar-refractivity contribution in [1.82, 2.24) is 0 Å². The van der Waals surface area contributed by atoms with Gasteiger partial charge in [0.15, 0.2) is 5.75 Å². The molecule has 0 saturated heterocycles. The zero-order valence-electron chi connectivity index (χ0n) is 11.4. The molecule has 0 fully saturated rings. The fourth-order valence-electron chi connectivity index (χ4n) is 1.99. The van der Waals surface area contributed by atoms with Crippen molar-refractivity contribution in [2.45, 2.75) is 0 Å². The van der Waals surface area contributed by atoms with Crippen LogP contribution in [0.3, 0.4) is 0 Å². The zero-order chi connectivity index (χ0) is 14.7. The third-order valence-electron chi connectivity index (χ3n) is 2.92. The van der Waals surface area contributed by atoms with E-state index in [-0.39, 0.29) is 5.57 Å². The third-order valence-corrected chi connectivity index (χ3v) is 3.20. The number of hydrogen-bond donors (Lipinski definition) is 0. The number of hydrogen-bond acceptors (Lipinski definition) is 4. The molecule has 0 bridgehead atoms. The molecule has 0 atom stereocenters. The Labute approximate surface area is 123 Å². The summed E-state index contributed by atoms with van der Waals surface area (Å²) in [6.45, 7) is 3.56. The molecule has 20 heavy (non-hydrogen) atoms. The largest absolute Gasteiger partial charge is 0.421 e. The van der Waals surface area contributed by atoms with Gasteiger partial charge in [-0.3, -0.25) is 0 Å². The first kappa shape index (κ1) is 14.2. The quantitative estimate of drug-likeness (QED) is 0.373. The van der Waals surface area contributed by atoms with Crippen molar-refractivity contribution in [3.05, 3.63) is 48.6 Å². The van der Waals surface area contributed by atoms with E-state index < -0.39 is 5.97 Å². The molecule has 0 radical (unpaired) electrons. The molecule has 2 aromatic rings. The second-order valence-electron chi connectivity index (χ2n) is 4.56. The van der Waals surface area contributed by atoms with Crippen LogP contribution in [0.25, 0.3) is 10.8 Å². The van der Waals surface area contributed by atoms with Crippen LogP contribution >= 0.6 is 12.2 Å². The Balaban J connectivity index is 2.53. The Kier molecular flexibility index (Phi) is 4.15. The number of fused-ring (bicyclic) bond motifs is 1. The highest BCUT2D eigenvalue weighted by molar-refractivity contribution is 7.79. The van der Waals surface area contributed by atoms with Crippen LogP contribution in [0.1, 0.15) is 0 Å². The molecule has 0 aliphatic rings. The first-order valence-electron chi connectivity index (χ1n) is 6.10. The predicted octanol–water partition coefficient (Wildman–Crippen LogP) is 3.37.